The monoisotopic (exact) mass is 827 g/mol. The number of carbonyl (C=O) groups is 2. The Balaban J connectivity index is 1.14. The molecule has 10 rings (SSSR count). The van der Waals surface area contributed by atoms with Crippen LogP contribution in [0.3, 0.4) is 0 Å². The zero-order valence-electron chi connectivity index (χ0n) is 34.1. The van der Waals surface area contributed by atoms with Crippen LogP contribution in [0.2, 0.25) is 0 Å². The summed E-state index contributed by atoms with van der Waals surface area (Å²) < 4.78 is 16.2. The Morgan fingerprint density at radius 3 is 2.26 bits per heavy atom. The molecule has 5 aromatic carbocycles. The summed E-state index contributed by atoms with van der Waals surface area (Å²) in [6.07, 6.45) is 3.30. The molecular formula is C49H41N5O8. The first-order valence-electron chi connectivity index (χ1n) is 20.4. The van der Waals surface area contributed by atoms with Gasteiger partial charge in [-0.2, -0.15) is 0 Å². The number of rotatable bonds is 8. The first-order chi connectivity index (χ1) is 30.1. The molecule has 0 radical (unpaired) electrons. The van der Waals surface area contributed by atoms with Gasteiger partial charge < -0.3 is 19.1 Å². The molecule has 7 aromatic rings. The molecule has 1 aliphatic heterocycles. The molecule has 310 valence electrons. The van der Waals surface area contributed by atoms with Gasteiger partial charge in [0.25, 0.3) is 5.56 Å². The number of fused-ring (bicyclic) bond motifs is 6. The van der Waals surface area contributed by atoms with Crippen molar-refractivity contribution in [1.82, 2.24) is 23.5 Å². The van der Waals surface area contributed by atoms with E-state index < -0.39 is 40.2 Å². The fraction of sp³-hybridized carbons (Fsp3) is 0.224. The Kier molecular flexibility index (Phi) is 9.09. The molecule has 0 amide bonds. The van der Waals surface area contributed by atoms with Crippen molar-refractivity contribution < 1.29 is 24.2 Å². The van der Waals surface area contributed by atoms with Crippen molar-refractivity contribution in [3.05, 3.63) is 181 Å². The van der Waals surface area contributed by atoms with Gasteiger partial charge in [0.2, 0.25) is 0 Å². The summed E-state index contributed by atoms with van der Waals surface area (Å²) in [7, 11) is 4.62. The van der Waals surface area contributed by atoms with E-state index in [9.17, 15) is 19.5 Å². The number of aromatic nitrogens is 5. The minimum Gasteiger partial charge on any atom is -0.507 e. The molecule has 1 saturated carbocycles. The molecule has 0 unspecified atom stereocenters. The second-order valence-electron chi connectivity index (χ2n) is 16.1. The highest BCUT2D eigenvalue weighted by Gasteiger charge is 2.63. The lowest BCUT2D eigenvalue weighted by atomic mass is 9.47. The Labute approximate surface area is 354 Å². The van der Waals surface area contributed by atoms with Gasteiger partial charge >= 0.3 is 11.4 Å². The number of aromatic hydroxyl groups is 1. The number of ketones is 2. The van der Waals surface area contributed by atoms with Crippen LogP contribution >= 0.6 is 0 Å². The van der Waals surface area contributed by atoms with E-state index in [0.717, 1.165) is 9.95 Å². The van der Waals surface area contributed by atoms with Crippen molar-refractivity contribution in [2.45, 2.75) is 43.3 Å². The van der Waals surface area contributed by atoms with Gasteiger partial charge in [0.1, 0.15) is 11.4 Å². The van der Waals surface area contributed by atoms with Gasteiger partial charge in [-0.05, 0) is 34.6 Å². The highest BCUT2D eigenvalue weighted by atomic mass is 16.5. The number of methoxy groups -OCH3 is 2. The van der Waals surface area contributed by atoms with E-state index in [1.165, 1.54) is 34.2 Å². The molecule has 0 bridgehead atoms. The molecule has 62 heavy (non-hydrogen) atoms. The molecule has 0 spiro atoms. The summed E-state index contributed by atoms with van der Waals surface area (Å²) in [6.45, 7) is -0.170. The summed E-state index contributed by atoms with van der Waals surface area (Å²) in [5.74, 6) is -1.68. The van der Waals surface area contributed by atoms with Crippen LogP contribution in [0.1, 0.15) is 40.8 Å². The fourth-order valence-corrected chi connectivity index (χ4v) is 10.3. The van der Waals surface area contributed by atoms with Crippen molar-refractivity contribution in [3.8, 4) is 17.2 Å². The Morgan fingerprint density at radius 2 is 1.52 bits per heavy atom. The van der Waals surface area contributed by atoms with Crippen molar-refractivity contribution in [2.24, 2.45) is 13.0 Å². The Bertz CT molecular complexity index is 3270. The minimum atomic E-state index is -1.53. The summed E-state index contributed by atoms with van der Waals surface area (Å²) in [6, 6.07) is 31.8. The number of hydrogen-bond donors (Lipinski definition) is 1. The number of phenolic OH excluding ortho intramolecular Hbond substituents is 1. The molecule has 1 N–H and O–H groups in total. The molecule has 2 aromatic heterocycles. The van der Waals surface area contributed by atoms with Crippen molar-refractivity contribution in [3.63, 3.8) is 0 Å². The van der Waals surface area contributed by atoms with E-state index in [4.69, 9.17) is 9.47 Å². The van der Waals surface area contributed by atoms with E-state index in [0.29, 0.717) is 50.2 Å². The van der Waals surface area contributed by atoms with Gasteiger partial charge in [0.15, 0.2) is 23.1 Å². The minimum absolute atomic E-state index is 0.0156. The van der Waals surface area contributed by atoms with Crippen LogP contribution in [0.15, 0.2) is 141 Å². The van der Waals surface area contributed by atoms with Crippen LogP contribution in [0.4, 0.5) is 0 Å². The number of ether oxygens (including phenoxy) is 2. The molecule has 2 aliphatic carbocycles. The van der Waals surface area contributed by atoms with Gasteiger partial charge in [-0.25, -0.2) is 28.5 Å². The first kappa shape index (κ1) is 38.6. The van der Waals surface area contributed by atoms with Gasteiger partial charge in [-0.3, -0.25) is 14.4 Å². The lowest BCUT2D eigenvalue weighted by Crippen LogP contribution is -2.58. The van der Waals surface area contributed by atoms with E-state index in [1.54, 1.807) is 37.4 Å². The molecule has 3 aliphatic rings. The van der Waals surface area contributed by atoms with Crippen LogP contribution < -0.4 is 26.4 Å². The van der Waals surface area contributed by atoms with Crippen molar-refractivity contribution >= 4 is 38.9 Å². The number of allylic oxidation sites excluding steroid dienone is 4. The third-order valence-corrected chi connectivity index (χ3v) is 13.2. The third kappa shape index (κ3) is 5.53. The first-order valence-corrected chi connectivity index (χ1v) is 20.4. The van der Waals surface area contributed by atoms with E-state index in [1.807, 2.05) is 84.9 Å². The molecule has 4 atom stereocenters. The second-order valence-corrected chi connectivity index (χ2v) is 16.1. The standard InChI is InChI=1S/C49H41N5O8/c1-51-39-27-41(62-3)40(61-2)26-37(39)50-36(46(51)58)21-22-52-47(59)53-23-20-32-38(54(53)48(52)60)25-35-45(57)34(28-12-6-4-7-13-28)24-42(55)49(35,30-15-8-5-9-16-30)43(32)33-19-18-29-14-10-11-17-31(29)44(33)56/h4-20,24,26-27,35,38,43,56H,21-23,25H2,1-3H3/t35-,38+,43+,49-/m0/s1. The van der Waals surface area contributed by atoms with Crippen LogP contribution in [0.25, 0.3) is 27.4 Å². The number of hydrogen-bond acceptors (Lipinski definition) is 9. The van der Waals surface area contributed by atoms with Gasteiger partial charge in [-0.1, -0.05) is 103 Å². The average Bonchev–Trinajstić information content (AvgIpc) is 3.55. The summed E-state index contributed by atoms with van der Waals surface area (Å²) in [4.78, 5) is 78.0. The number of phenols is 1. The SMILES string of the molecule is COc1cc2nc(CCn3c(=O)n4n(c3=O)[C@@H]3C[C@H]5C(=O)C(c6ccccc6)=CC(=O)[C@@]5(c5ccccc5)[C@@H](c5ccc6ccccc6c5O)C3=CC4)c(=O)n(C)c2cc1OC. The quantitative estimate of drug-likeness (QED) is 0.192. The van der Waals surface area contributed by atoms with Crippen LogP contribution in [-0.4, -0.2) is 54.4 Å². The lowest BCUT2D eigenvalue weighted by Gasteiger charge is -2.54. The smallest absolute Gasteiger partial charge is 0.347 e. The zero-order valence-corrected chi connectivity index (χ0v) is 34.1. The van der Waals surface area contributed by atoms with E-state index in [-0.39, 0.29) is 54.5 Å². The maximum atomic E-state index is 15.4. The van der Waals surface area contributed by atoms with E-state index in [2.05, 4.69) is 4.98 Å². The average molecular weight is 828 g/mol. The van der Waals surface area contributed by atoms with Gasteiger partial charge in [0.05, 0.1) is 43.3 Å². The predicted molar refractivity (Wildman–Crippen MR) is 233 cm³/mol. The number of carbonyl (C=O) groups excluding carboxylic acids is 2. The molecule has 13 nitrogen and oxygen atoms in total. The fourth-order valence-electron chi connectivity index (χ4n) is 10.3. The lowest BCUT2D eigenvalue weighted by molar-refractivity contribution is -0.133. The molecular weight excluding hydrogens is 787 g/mol. The zero-order chi connectivity index (χ0) is 43.0. The predicted octanol–water partition coefficient (Wildman–Crippen LogP) is 5.64. The highest BCUT2D eigenvalue weighted by molar-refractivity contribution is 6.31. The second kappa shape index (κ2) is 14.6. The van der Waals surface area contributed by atoms with Crippen LogP contribution in [0, 0.1) is 5.92 Å². The van der Waals surface area contributed by atoms with Gasteiger partial charge in [-0.15, -0.1) is 0 Å². The highest BCUT2D eigenvalue weighted by Crippen LogP contribution is 2.62. The van der Waals surface area contributed by atoms with Gasteiger partial charge in [0, 0.05) is 60.5 Å². The maximum Gasteiger partial charge on any atom is 0.347 e. The third-order valence-electron chi connectivity index (χ3n) is 13.2. The van der Waals surface area contributed by atoms with E-state index >= 15 is 9.59 Å². The van der Waals surface area contributed by atoms with Crippen molar-refractivity contribution in [1.29, 1.82) is 0 Å². The Morgan fingerprint density at radius 1 is 0.823 bits per heavy atom. The number of benzene rings is 5. The molecule has 13 heteroatoms. The van der Waals surface area contributed by atoms with Crippen LogP contribution in [-0.2, 0) is 41.6 Å². The summed E-state index contributed by atoms with van der Waals surface area (Å²) in [5.41, 5.74) is 0.537. The maximum absolute atomic E-state index is 15.4. The molecule has 1 fully saturated rings. The van der Waals surface area contributed by atoms with Crippen LogP contribution in [0.5, 0.6) is 17.2 Å². The topological polar surface area (TPSA) is 157 Å². The largest absolute Gasteiger partial charge is 0.507 e. The number of aryl methyl sites for hydroxylation is 2. The molecule has 0 saturated heterocycles. The summed E-state index contributed by atoms with van der Waals surface area (Å²) in [5, 5.41) is 13.6. The Hall–Kier alpha value is -7.54. The molecule has 3 heterocycles. The summed E-state index contributed by atoms with van der Waals surface area (Å²) >= 11 is 0. The normalized spacial score (nSPS) is 20.6. The number of nitrogens with zero attached hydrogens (tertiary/aromatic N) is 5. The number of Topliss-reactive ketones (excluding diaryl/α,β-unsaturated/α-hetero) is 1. The van der Waals surface area contributed by atoms with Crippen molar-refractivity contribution in [2.75, 3.05) is 14.2 Å².